The molecule has 2 aromatic heterocycles. The SMILES string of the molecule is O=C(CCCCCCCNC(=O)c1cn2c3c(cccc13)CCC2)NOCc1ccccc1.O=C(CCCCCCC[N-]Cl)NOCc1ccccc1.O=C(O)c1cn2c3c(cccc13)CCC2. The van der Waals surface area contributed by atoms with Crippen LogP contribution in [0.2, 0.25) is 0 Å². The average molecular weight is 947 g/mol. The summed E-state index contributed by atoms with van der Waals surface area (Å²) in [5.41, 5.74) is 13.2. The molecule has 0 radical (unpaired) electrons. The number of amides is 3. The number of benzene rings is 4. The summed E-state index contributed by atoms with van der Waals surface area (Å²) in [6.07, 6.45) is 19.2. The van der Waals surface area contributed by atoms with Gasteiger partial charge in [0.1, 0.15) is 0 Å². The number of para-hydroxylation sites is 2. The van der Waals surface area contributed by atoms with Gasteiger partial charge in [-0.05, 0) is 67.2 Å². The number of unbranched alkanes of at least 4 members (excludes halogenated alkanes) is 8. The molecule has 4 aromatic carbocycles. The Labute approximate surface area is 404 Å². The van der Waals surface area contributed by atoms with Crippen LogP contribution in [-0.2, 0) is 58.4 Å². The third-order valence-electron chi connectivity index (χ3n) is 12.2. The Kier molecular flexibility index (Phi) is 21.4. The van der Waals surface area contributed by atoms with E-state index in [0.717, 1.165) is 143 Å². The van der Waals surface area contributed by atoms with E-state index in [0.29, 0.717) is 38.2 Å². The smallest absolute Gasteiger partial charge is 0.337 e. The highest BCUT2D eigenvalue weighted by Crippen LogP contribution is 2.30. The number of carboxylic acids is 1. The summed E-state index contributed by atoms with van der Waals surface area (Å²) >= 11 is 5.23. The Morgan fingerprint density at radius 3 is 1.56 bits per heavy atom. The van der Waals surface area contributed by atoms with E-state index in [9.17, 15) is 19.2 Å². The minimum Gasteiger partial charge on any atom is -0.575 e. The number of hydrogen-bond acceptors (Lipinski definition) is 6. The van der Waals surface area contributed by atoms with Gasteiger partial charge in [-0.25, -0.2) is 15.8 Å². The maximum Gasteiger partial charge on any atom is 0.337 e. The molecule has 13 nitrogen and oxygen atoms in total. The molecule has 4 N–H and O–H groups in total. The van der Waals surface area contributed by atoms with Gasteiger partial charge < -0.3 is 24.4 Å². The van der Waals surface area contributed by atoms with E-state index < -0.39 is 5.97 Å². The van der Waals surface area contributed by atoms with Gasteiger partial charge in [-0.15, -0.1) is 6.54 Å². The van der Waals surface area contributed by atoms with Crippen molar-refractivity contribution in [2.45, 2.75) is 129 Å². The van der Waals surface area contributed by atoms with Crippen molar-refractivity contribution in [3.05, 3.63) is 148 Å². The first-order valence-electron chi connectivity index (χ1n) is 24.2. The molecule has 6 aromatic rings. The molecule has 2 aliphatic heterocycles. The van der Waals surface area contributed by atoms with Crippen LogP contribution in [0.25, 0.3) is 26.6 Å². The summed E-state index contributed by atoms with van der Waals surface area (Å²) < 4.78 is 4.30. The maximum atomic E-state index is 12.7. The van der Waals surface area contributed by atoms with E-state index in [1.807, 2.05) is 79.0 Å². The molecule has 0 spiro atoms. The van der Waals surface area contributed by atoms with Crippen molar-refractivity contribution in [2.75, 3.05) is 13.1 Å². The number of aryl methyl sites for hydroxylation is 4. The van der Waals surface area contributed by atoms with Crippen molar-refractivity contribution in [3.63, 3.8) is 0 Å². The molecular formula is C54H66ClN6O7-. The van der Waals surface area contributed by atoms with Gasteiger partial charge in [0.2, 0.25) is 11.8 Å². The lowest BCUT2D eigenvalue weighted by Gasteiger charge is -2.14. The van der Waals surface area contributed by atoms with Crippen LogP contribution in [0.4, 0.5) is 0 Å². The summed E-state index contributed by atoms with van der Waals surface area (Å²) in [7, 11) is 0. The first-order valence-corrected chi connectivity index (χ1v) is 24.6. The van der Waals surface area contributed by atoms with Gasteiger partial charge in [-0.1, -0.05) is 142 Å². The maximum absolute atomic E-state index is 12.7. The lowest BCUT2D eigenvalue weighted by molar-refractivity contribution is -0.135. The Hall–Kier alpha value is -5.99. The number of nitrogens with zero attached hydrogens (tertiary/aromatic N) is 3. The number of halogens is 1. The second-order valence-corrected chi connectivity index (χ2v) is 17.6. The first-order chi connectivity index (χ1) is 33.3. The van der Waals surface area contributed by atoms with Crippen LogP contribution < -0.4 is 16.3 Å². The number of hydrogen-bond donors (Lipinski definition) is 4. The molecule has 0 saturated carbocycles. The Balaban J connectivity index is 0.000000184. The van der Waals surface area contributed by atoms with Crippen molar-refractivity contribution in [2.24, 2.45) is 0 Å². The van der Waals surface area contributed by atoms with E-state index in [2.05, 4.69) is 54.5 Å². The van der Waals surface area contributed by atoms with Crippen LogP contribution in [0.15, 0.2) is 109 Å². The lowest BCUT2D eigenvalue weighted by Crippen LogP contribution is -2.24. The van der Waals surface area contributed by atoms with Crippen LogP contribution in [0.5, 0.6) is 0 Å². The molecule has 0 saturated heterocycles. The Morgan fingerprint density at radius 1 is 0.574 bits per heavy atom. The highest BCUT2D eigenvalue weighted by atomic mass is 35.5. The zero-order valence-electron chi connectivity index (χ0n) is 39.1. The largest absolute Gasteiger partial charge is 0.575 e. The Bertz CT molecular complexity index is 2510. The van der Waals surface area contributed by atoms with E-state index in [1.54, 1.807) is 6.20 Å². The van der Waals surface area contributed by atoms with Gasteiger partial charge in [0.05, 0.1) is 35.4 Å². The van der Waals surface area contributed by atoms with Gasteiger partial charge in [-0.2, -0.15) is 0 Å². The fourth-order valence-corrected chi connectivity index (χ4v) is 8.86. The highest BCUT2D eigenvalue weighted by Gasteiger charge is 2.20. The standard InChI is InChI=1S/C27H33N3O3.C15H22ClN2O2.C12H11NO2/c31-25(29-33-20-21-11-5-4-6-12-21)16-7-2-1-3-8-17-28-27(32)24-19-30-18-10-14-22-13-9-15-23(24)26(22)30;16-17-12-8-3-1-2-7-11-15(19)18-20-13-14-9-5-4-6-10-14;14-12(15)10-7-13-6-2-4-8-3-1-5-9(10)11(8)13/h4-6,9,11-13,15,19H,1-3,7-8,10,14,16-18,20H2,(H,28,32)(H,29,31);4-6,9-10H,1-3,7-8,11-13H2,(H,18,19);1,3,5,7H,2,4,6H2,(H,14,15)/q;-1;. The van der Waals surface area contributed by atoms with Gasteiger partial charge in [0.15, 0.2) is 0 Å². The third kappa shape index (κ3) is 16.1. The predicted molar refractivity (Wildman–Crippen MR) is 268 cm³/mol. The van der Waals surface area contributed by atoms with Crippen molar-refractivity contribution in [1.82, 2.24) is 25.4 Å². The Morgan fingerprint density at radius 2 is 1.04 bits per heavy atom. The van der Waals surface area contributed by atoms with Crippen molar-refractivity contribution in [1.29, 1.82) is 0 Å². The number of aromatic nitrogens is 2. The number of carbonyl (C=O) groups excluding carboxylic acids is 3. The fourth-order valence-electron chi connectivity index (χ4n) is 8.74. The molecule has 0 aliphatic carbocycles. The molecule has 14 heteroatoms. The zero-order chi connectivity index (χ0) is 47.8. The number of nitrogens with one attached hydrogen (secondary N) is 3. The van der Waals surface area contributed by atoms with Gasteiger partial charge in [0.25, 0.3) is 5.91 Å². The number of aromatic carboxylic acids is 1. The quantitative estimate of drug-likeness (QED) is 0.0346. The average Bonchev–Trinajstić information content (AvgIpc) is 3.94. The highest BCUT2D eigenvalue weighted by molar-refractivity contribution is 6.24. The number of carbonyl (C=O) groups is 4. The van der Waals surface area contributed by atoms with Crippen molar-refractivity contribution in [3.8, 4) is 0 Å². The normalized spacial score (nSPS) is 12.4. The van der Waals surface area contributed by atoms with Crippen LogP contribution >= 0.6 is 11.8 Å². The number of rotatable bonds is 24. The second kappa shape index (κ2) is 28.4. The molecule has 3 amide bonds. The minimum atomic E-state index is -0.835. The van der Waals surface area contributed by atoms with E-state index >= 15 is 0 Å². The summed E-state index contributed by atoms with van der Waals surface area (Å²) in [5.74, 6) is -0.955. The third-order valence-corrected chi connectivity index (χ3v) is 12.3. The topological polar surface area (TPSA) is 167 Å². The molecule has 4 heterocycles. The minimum absolute atomic E-state index is 0.0185. The van der Waals surface area contributed by atoms with Crippen molar-refractivity contribution < 1.29 is 34.0 Å². The van der Waals surface area contributed by atoms with Gasteiger partial charge in [-0.3, -0.25) is 35.8 Å². The molecule has 0 bridgehead atoms. The van der Waals surface area contributed by atoms with Crippen LogP contribution in [0.1, 0.15) is 133 Å². The molecule has 2 aliphatic rings. The molecule has 0 unspecified atom stereocenters. The first kappa shape index (κ1) is 51.4. The zero-order valence-corrected chi connectivity index (χ0v) is 39.8. The molecule has 362 valence electrons. The summed E-state index contributed by atoms with van der Waals surface area (Å²) in [5, 5.41) is 14.1. The summed E-state index contributed by atoms with van der Waals surface area (Å²) in [6, 6.07) is 31.7. The summed E-state index contributed by atoms with van der Waals surface area (Å²) in [4.78, 5) is 61.1. The van der Waals surface area contributed by atoms with Crippen LogP contribution in [0.3, 0.4) is 0 Å². The monoisotopic (exact) mass is 945 g/mol. The van der Waals surface area contributed by atoms with E-state index in [1.165, 1.54) is 16.6 Å². The van der Waals surface area contributed by atoms with E-state index in [4.69, 9.17) is 26.6 Å². The lowest BCUT2D eigenvalue weighted by atomic mass is 10.0. The van der Waals surface area contributed by atoms with Gasteiger partial charge in [0, 0.05) is 55.6 Å². The molecule has 68 heavy (non-hydrogen) atoms. The van der Waals surface area contributed by atoms with Crippen LogP contribution in [0, 0.1) is 0 Å². The molecule has 8 rings (SSSR count). The number of hydroxylamine groups is 2. The number of carboxylic acid groups (broad SMARTS) is 1. The molecular weight excluding hydrogens is 880 g/mol. The van der Waals surface area contributed by atoms with Gasteiger partial charge >= 0.3 is 5.97 Å². The van der Waals surface area contributed by atoms with E-state index in [-0.39, 0.29) is 17.7 Å². The van der Waals surface area contributed by atoms with Crippen LogP contribution in [-0.4, -0.2) is 51.0 Å². The summed E-state index contributed by atoms with van der Waals surface area (Å²) in [6.45, 7) is 4.08. The fraction of sp³-hybridized carbons (Fsp3) is 0.407. The predicted octanol–water partition coefficient (Wildman–Crippen LogP) is 11.3. The molecule has 0 atom stereocenters. The molecule has 0 fully saturated rings. The second-order valence-electron chi connectivity index (χ2n) is 17.3. The van der Waals surface area contributed by atoms with Crippen molar-refractivity contribution >= 4 is 57.3 Å².